The molecule has 0 saturated carbocycles. The Morgan fingerprint density at radius 1 is 0.857 bits per heavy atom. The van der Waals surface area contributed by atoms with Gasteiger partial charge < -0.3 is 28.2 Å². The van der Waals surface area contributed by atoms with Crippen LogP contribution in [0, 0.1) is 0 Å². The predicted octanol–water partition coefficient (Wildman–Crippen LogP) is 5.49. The fraction of sp³-hybridized carbons (Fsp3) is 0.778. The Morgan fingerprint density at radius 3 is 1.94 bits per heavy atom. The first kappa shape index (κ1) is 27.3. The van der Waals surface area contributed by atoms with E-state index in [1.165, 1.54) is 5.56 Å². The Balaban J connectivity index is 1.69. The second-order valence-corrected chi connectivity index (χ2v) is 12.8. The summed E-state index contributed by atoms with van der Waals surface area (Å²) in [6, 6.07) is 4.36. The lowest BCUT2D eigenvalue weighted by atomic mass is 9.89. The van der Waals surface area contributed by atoms with Gasteiger partial charge in [0.15, 0.2) is 40.3 Å². The van der Waals surface area contributed by atoms with Crippen LogP contribution in [0.4, 0.5) is 0 Å². The molecule has 6 atom stereocenters. The van der Waals surface area contributed by atoms with Crippen molar-refractivity contribution in [3.8, 4) is 0 Å². The molecule has 0 bridgehead atoms. The topological polar surface area (TPSA) is 78.4 Å². The van der Waals surface area contributed by atoms with Crippen molar-refractivity contribution in [3.05, 3.63) is 28.8 Å². The molecule has 0 spiro atoms. The normalized spacial score (nSPS) is 32.7. The van der Waals surface area contributed by atoms with Gasteiger partial charge >= 0.3 is 0 Å². The van der Waals surface area contributed by atoms with E-state index in [0.717, 1.165) is 16.0 Å². The first-order valence-corrected chi connectivity index (χ1v) is 13.9. The molecule has 2 unspecified atom stereocenters. The quantitative estimate of drug-likeness (QED) is 0.449. The summed E-state index contributed by atoms with van der Waals surface area (Å²) in [5.41, 5.74) is 3.35. The zero-order chi connectivity index (χ0) is 25.9. The molecule has 7 nitrogen and oxygen atoms in total. The van der Waals surface area contributed by atoms with Crippen molar-refractivity contribution in [1.82, 2.24) is 0 Å². The Kier molecular flexibility index (Phi) is 7.71. The highest BCUT2D eigenvalue weighted by Gasteiger charge is 2.61. The molecule has 1 aromatic rings. The van der Waals surface area contributed by atoms with Crippen LogP contribution in [0.1, 0.15) is 104 Å². The van der Waals surface area contributed by atoms with Gasteiger partial charge in [0, 0.05) is 11.1 Å². The molecular weight excluding hydrogens is 468 g/mol. The van der Waals surface area contributed by atoms with Gasteiger partial charge in [0.2, 0.25) is 0 Å². The van der Waals surface area contributed by atoms with Crippen LogP contribution in [-0.2, 0) is 39.3 Å². The van der Waals surface area contributed by atoms with Crippen LogP contribution >= 0.6 is 0 Å². The van der Waals surface area contributed by atoms with Gasteiger partial charge in [0.05, 0.1) is 6.61 Å². The standard InChI is InChI=1S/C27H42O7S/c1-14(2)17-11-18(15(3)4)24(19(12-17)16(5)6)35(28)34-22-21(20-13-29-26(7,8)31-20)30-25-23(22)32-27(9,10)33-25/h11-12,14-16,20-23,25H,13H2,1-10H3/t20?,21-,22-,23-,25-,35?/m1/s1. The zero-order valence-electron chi connectivity index (χ0n) is 22.7. The van der Waals surface area contributed by atoms with Gasteiger partial charge in [-0.05, 0) is 51.0 Å². The number of hydrogen-bond donors (Lipinski definition) is 0. The molecule has 0 N–H and O–H groups in total. The molecule has 0 aromatic heterocycles. The lowest BCUT2D eigenvalue weighted by molar-refractivity contribution is -0.230. The van der Waals surface area contributed by atoms with Gasteiger partial charge in [0.1, 0.15) is 18.3 Å². The van der Waals surface area contributed by atoms with Crippen LogP contribution in [0.2, 0.25) is 0 Å². The summed E-state index contributed by atoms with van der Waals surface area (Å²) in [6.07, 6.45) is -2.71. The molecule has 3 aliphatic rings. The maximum absolute atomic E-state index is 14.0. The van der Waals surface area contributed by atoms with Crippen LogP contribution in [0.5, 0.6) is 0 Å². The van der Waals surface area contributed by atoms with Crippen molar-refractivity contribution in [2.75, 3.05) is 6.61 Å². The van der Waals surface area contributed by atoms with Crippen LogP contribution in [-0.4, -0.2) is 53.4 Å². The summed E-state index contributed by atoms with van der Waals surface area (Å²) >= 11 is -1.75. The molecule has 3 saturated heterocycles. The Labute approximate surface area is 213 Å². The van der Waals surface area contributed by atoms with Gasteiger partial charge in [0.25, 0.3) is 0 Å². The van der Waals surface area contributed by atoms with Crippen molar-refractivity contribution in [2.45, 2.75) is 134 Å². The summed E-state index contributed by atoms with van der Waals surface area (Å²) in [5, 5.41) is 0. The lowest BCUT2D eigenvalue weighted by Crippen LogP contribution is -2.45. The van der Waals surface area contributed by atoms with E-state index in [2.05, 4.69) is 53.7 Å². The number of hydrogen-bond acceptors (Lipinski definition) is 7. The molecule has 3 heterocycles. The fourth-order valence-electron chi connectivity index (χ4n) is 5.02. The Morgan fingerprint density at radius 2 is 1.46 bits per heavy atom. The van der Waals surface area contributed by atoms with E-state index >= 15 is 0 Å². The van der Waals surface area contributed by atoms with E-state index < -0.39 is 47.6 Å². The fourth-order valence-corrected chi connectivity index (χ4v) is 6.51. The highest BCUT2D eigenvalue weighted by atomic mass is 32.2. The van der Waals surface area contributed by atoms with Crippen molar-refractivity contribution in [3.63, 3.8) is 0 Å². The average Bonchev–Trinajstić information content (AvgIpc) is 3.36. The summed E-state index contributed by atoms with van der Waals surface area (Å²) in [4.78, 5) is 0.753. The van der Waals surface area contributed by atoms with E-state index in [1.54, 1.807) is 0 Å². The average molecular weight is 511 g/mol. The lowest BCUT2D eigenvalue weighted by Gasteiger charge is -2.29. The third-order valence-electron chi connectivity index (χ3n) is 6.87. The molecule has 3 fully saturated rings. The first-order valence-electron chi connectivity index (χ1n) is 12.8. The zero-order valence-corrected chi connectivity index (χ0v) is 23.6. The van der Waals surface area contributed by atoms with Crippen LogP contribution < -0.4 is 0 Å². The van der Waals surface area contributed by atoms with Gasteiger partial charge in [-0.25, -0.2) is 0 Å². The molecule has 8 heteroatoms. The summed E-state index contributed by atoms with van der Waals surface area (Å²) in [7, 11) is 0. The van der Waals surface area contributed by atoms with E-state index in [-0.39, 0.29) is 17.9 Å². The van der Waals surface area contributed by atoms with Crippen molar-refractivity contribution >= 4 is 11.5 Å². The van der Waals surface area contributed by atoms with Gasteiger partial charge in [-0.15, -0.1) is 0 Å². The second kappa shape index (κ2) is 9.87. The third-order valence-corrected chi connectivity index (χ3v) is 8.07. The minimum atomic E-state index is -1.75. The van der Waals surface area contributed by atoms with E-state index in [1.807, 2.05) is 27.7 Å². The maximum atomic E-state index is 14.0. The van der Waals surface area contributed by atoms with E-state index in [4.69, 9.17) is 27.9 Å². The Bertz CT molecular complexity index is 884. The highest BCUT2D eigenvalue weighted by molar-refractivity contribution is 7.86. The number of fused-ring (bicyclic) bond motifs is 1. The maximum Gasteiger partial charge on any atom is 0.195 e. The van der Waals surface area contributed by atoms with Crippen LogP contribution in [0.25, 0.3) is 0 Å². The number of ether oxygens (including phenoxy) is 5. The Hall–Kier alpha value is -0.710. The minimum Gasteiger partial charge on any atom is -0.581 e. The van der Waals surface area contributed by atoms with Gasteiger partial charge in [-0.1, -0.05) is 53.7 Å². The smallest absolute Gasteiger partial charge is 0.195 e. The van der Waals surface area contributed by atoms with E-state index in [0.29, 0.717) is 12.5 Å². The molecule has 3 aliphatic heterocycles. The van der Waals surface area contributed by atoms with E-state index in [9.17, 15) is 4.55 Å². The molecule has 1 aromatic carbocycles. The SMILES string of the molecule is CC(C)c1cc(C(C)C)c([S+]([O-])O[C@H]2[C@H]3OC(C)(C)O[C@H]3O[C@@H]2C2COC(C)(C)O2)c(C(C)C)c1. The van der Waals surface area contributed by atoms with Gasteiger partial charge in [-0.2, -0.15) is 4.18 Å². The number of rotatable bonds is 7. The van der Waals surface area contributed by atoms with Crippen molar-refractivity contribution in [2.24, 2.45) is 0 Å². The van der Waals surface area contributed by atoms with Gasteiger partial charge in [-0.3, -0.25) is 0 Å². The largest absolute Gasteiger partial charge is 0.581 e. The molecule has 0 amide bonds. The second-order valence-electron chi connectivity index (χ2n) is 11.7. The molecule has 0 aliphatic carbocycles. The third kappa shape index (κ3) is 5.60. The molecule has 35 heavy (non-hydrogen) atoms. The molecule has 0 radical (unpaired) electrons. The monoisotopic (exact) mass is 510 g/mol. The number of benzene rings is 1. The summed E-state index contributed by atoms with van der Waals surface area (Å²) < 4.78 is 50.7. The predicted molar refractivity (Wildman–Crippen MR) is 134 cm³/mol. The van der Waals surface area contributed by atoms with Crippen LogP contribution in [0.3, 0.4) is 0 Å². The highest BCUT2D eigenvalue weighted by Crippen LogP contribution is 2.44. The molecular formula is C27H42O7S. The van der Waals surface area contributed by atoms with Crippen LogP contribution in [0.15, 0.2) is 17.0 Å². The summed E-state index contributed by atoms with van der Waals surface area (Å²) in [6.45, 7) is 20.7. The summed E-state index contributed by atoms with van der Waals surface area (Å²) in [5.74, 6) is -0.792. The molecule has 198 valence electrons. The molecule has 4 rings (SSSR count). The minimum absolute atomic E-state index is 0.189. The first-order chi connectivity index (χ1) is 16.2. The van der Waals surface area contributed by atoms with Crippen molar-refractivity contribution < 1.29 is 32.4 Å². The van der Waals surface area contributed by atoms with Crippen molar-refractivity contribution in [1.29, 1.82) is 0 Å².